The number of hydrogen-bond acceptors (Lipinski definition) is 2. The largest absolute Gasteiger partial charge is 0.455 e. The molecule has 3 rings (SSSR count). The summed E-state index contributed by atoms with van der Waals surface area (Å²) in [6, 6.07) is 15.8. The van der Waals surface area contributed by atoms with Gasteiger partial charge in [-0.1, -0.05) is 24.3 Å². The number of halogens is 2. The molecule has 0 amide bonds. The third-order valence-electron chi connectivity index (χ3n) is 2.92. The van der Waals surface area contributed by atoms with Crippen molar-refractivity contribution < 1.29 is 13.2 Å². The molecule has 0 aliphatic carbocycles. The number of nitrogens with zero attached hydrogens (tertiary/aromatic N) is 1. The highest BCUT2D eigenvalue weighted by atomic mass is 19.1. The van der Waals surface area contributed by atoms with Gasteiger partial charge < -0.3 is 4.42 Å². The molecular weight excluding hydrogens is 272 g/mol. The lowest BCUT2D eigenvalue weighted by molar-refractivity contribution is 0.573. The van der Waals surface area contributed by atoms with E-state index in [1.807, 2.05) is 0 Å². The number of para-hydroxylation sites is 1. The van der Waals surface area contributed by atoms with Crippen molar-refractivity contribution in [3.63, 3.8) is 0 Å². The third kappa shape index (κ3) is 3.05. The minimum absolute atomic E-state index is 0.237. The second-order valence-electron chi connectivity index (χ2n) is 4.42. The zero-order valence-electron chi connectivity index (χ0n) is 11.0. The Labute approximate surface area is 120 Å². The summed E-state index contributed by atoms with van der Waals surface area (Å²) >= 11 is 0. The molecule has 0 fully saturated rings. The second kappa shape index (κ2) is 5.71. The van der Waals surface area contributed by atoms with Crippen LogP contribution >= 0.6 is 0 Å². The molecule has 0 N–H and O–H groups in total. The molecule has 104 valence electrons. The fourth-order valence-corrected chi connectivity index (χ4v) is 1.91. The van der Waals surface area contributed by atoms with E-state index < -0.39 is 5.82 Å². The molecule has 1 heterocycles. The maximum atomic E-state index is 13.4. The van der Waals surface area contributed by atoms with Crippen molar-refractivity contribution in [3.05, 3.63) is 78.1 Å². The lowest BCUT2D eigenvalue weighted by Gasteiger charge is -1.96. The zero-order chi connectivity index (χ0) is 14.7. The van der Waals surface area contributed by atoms with Crippen LogP contribution in [0.1, 0.15) is 5.76 Å². The Morgan fingerprint density at radius 1 is 0.905 bits per heavy atom. The van der Waals surface area contributed by atoms with Crippen LogP contribution in [0, 0.1) is 11.6 Å². The van der Waals surface area contributed by atoms with E-state index >= 15 is 0 Å². The van der Waals surface area contributed by atoms with Gasteiger partial charge in [-0.15, -0.1) is 0 Å². The molecule has 0 unspecified atom stereocenters. The van der Waals surface area contributed by atoms with E-state index in [1.165, 1.54) is 24.4 Å². The summed E-state index contributed by atoms with van der Waals surface area (Å²) in [5, 5.41) is 0. The molecule has 0 radical (unpaired) electrons. The van der Waals surface area contributed by atoms with Crippen LogP contribution in [0.2, 0.25) is 0 Å². The highest BCUT2D eigenvalue weighted by Gasteiger charge is 2.04. The summed E-state index contributed by atoms with van der Waals surface area (Å²) in [6.07, 6.45) is 1.43. The van der Waals surface area contributed by atoms with Crippen molar-refractivity contribution in [1.82, 2.24) is 0 Å². The van der Waals surface area contributed by atoms with E-state index in [4.69, 9.17) is 4.42 Å². The fourth-order valence-electron chi connectivity index (χ4n) is 1.91. The lowest BCUT2D eigenvalue weighted by atomic mass is 10.2. The Bertz CT molecular complexity index is 793. The number of hydrogen-bond donors (Lipinski definition) is 0. The second-order valence-corrected chi connectivity index (χ2v) is 4.42. The zero-order valence-corrected chi connectivity index (χ0v) is 11.0. The monoisotopic (exact) mass is 283 g/mol. The topological polar surface area (TPSA) is 25.5 Å². The van der Waals surface area contributed by atoms with Gasteiger partial charge in [-0.2, -0.15) is 0 Å². The average Bonchev–Trinajstić information content (AvgIpc) is 2.95. The van der Waals surface area contributed by atoms with Gasteiger partial charge in [0.2, 0.25) is 0 Å². The minimum Gasteiger partial charge on any atom is -0.455 e. The van der Waals surface area contributed by atoms with E-state index in [2.05, 4.69) is 4.99 Å². The molecule has 0 spiro atoms. The highest BCUT2D eigenvalue weighted by molar-refractivity contribution is 5.79. The van der Waals surface area contributed by atoms with Crippen molar-refractivity contribution in [2.24, 2.45) is 4.99 Å². The van der Waals surface area contributed by atoms with Gasteiger partial charge in [0.05, 0.1) is 11.9 Å². The smallest absolute Gasteiger partial charge is 0.148 e. The van der Waals surface area contributed by atoms with Crippen LogP contribution in [-0.4, -0.2) is 6.21 Å². The number of furan rings is 1. The molecule has 21 heavy (non-hydrogen) atoms. The Kier molecular flexibility index (Phi) is 3.60. The minimum atomic E-state index is -0.398. The van der Waals surface area contributed by atoms with Crippen molar-refractivity contribution in [1.29, 1.82) is 0 Å². The molecule has 0 atom stereocenters. The standard InChI is InChI=1S/C17H11F2NO/c18-13-5-3-4-12(10-13)17-9-8-14(21-17)11-20-16-7-2-1-6-15(16)19/h1-11H. The van der Waals surface area contributed by atoms with Crippen LogP contribution in [-0.2, 0) is 0 Å². The average molecular weight is 283 g/mol. The summed E-state index contributed by atoms with van der Waals surface area (Å²) in [4.78, 5) is 4.03. The predicted molar refractivity (Wildman–Crippen MR) is 77.8 cm³/mol. The molecule has 4 heteroatoms. The van der Waals surface area contributed by atoms with Crippen molar-refractivity contribution in [3.8, 4) is 11.3 Å². The summed E-state index contributed by atoms with van der Waals surface area (Å²) in [7, 11) is 0. The Morgan fingerprint density at radius 2 is 1.76 bits per heavy atom. The number of aliphatic imine (C=N–C) groups is 1. The van der Waals surface area contributed by atoms with E-state index in [9.17, 15) is 8.78 Å². The van der Waals surface area contributed by atoms with Gasteiger partial charge in [0, 0.05) is 5.56 Å². The van der Waals surface area contributed by atoms with Crippen LogP contribution in [0.15, 0.2) is 70.1 Å². The quantitative estimate of drug-likeness (QED) is 0.623. The van der Waals surface area contributed by atoms with E-state index in [1.54, 1.807) is 42.5 Å². The summed E-state index contributed by atoms with van der Waals surface area (Å²) in [6.45, 7) is 0. The normalized spacial score (nSPS) is 11.1. The maximum absolute atomic E-state index is 13.4. The van der Waals surface area contributed by atoms with Gasteiger partial charge in [-0.3, -0.25) is 0 Å². The predicted octanol–water partition coefficient (Wildman–Crippen LogP) is 4.98. The molecule has 0 saturated carbocycles. The van der Waals surface area contributed by atoms with E-state index in [0.717, 1.165) is 0 Å². The Hall–Kier alpha value is -2.75. The van der Waals surface area contributed by atoms with E-state index in [-0.39, 0.29) is 11.5 Å². The molecule has 0 bridgehead atoms. The Balaban J connectivity index is 1.84. The molecule has 0 aliphatic heterocycles. The van der Waals surface area contributed by atoms with Crippen molar-refractivity contribution >= 4 is 11.9 Å². The molecule has 1 aromatic heterocycles. The van der Waals surface area contributed by atoms with Crippen molar-refractivity contribution in [2.45, 2.75) is 0 Å². The van der Waals surface area contributed by atoms with Gasteiger partial charge in [-0.25, -0.2) is 13.8 Å². The summed E-state index contributed by atoms with van der Waals surface area (Å²) in [5.74, 6) is 0.276. The van der Waals surface area contributed by atoms with Gasteiger partial charge >= 0.3 is 0 Å². The Morgan fingerprint density at radius 3 is 2.57 bits per heavy atom. The third-order valence-corrected chi connectivity index (χ3v) is 2.92. The first-order chi connectivity index (χ1) is 10.2. The van der Waals surface area contributed by atoms with Gasteiger partial charge in [0.25, 0.3) is 0 Å². The fraction of sp³-hybridized carbons (Fsp3) is 0. The summed E-state index contributed by atoms with van der Waals surface area (Å²) < 4.78 is 32.1. The maximum Gasteiger partial charge on any atom is 0.148 e. The molecule has 2 aromatic carbocycles. The van der Waals surface area contributed by atoms with Crippen LogP contribution in [0.5, 0.6) is 0 Å². The van der Waals surface area contributed by atoms with Crippen LogP contribution in [0.3, 0.4) is 0 Å². The van der Waals surface area contributed by atoms with Gasteiger partial charge in [0.15, 0.2) is 0 Å². The SMILES string of the molecule is Fc1cccc(-c2ccc(C=Nc3ccccc3F)o2)c1. The molecule has 0 saturated heterocycles. The van der Waals surface area contributed by atoms with Crippen LogP contribution in [0.25, 0.3) is 11.3 Å². The van der Waals surface area contributed by atoms with Crippen LogP contribution < -0.4 is 0 Å². The van der Waals surface area contributed by atoms with E-state index in [0.29, 0.717) is 17.1 Å². The first-order valence-corrected chi connectivity index (χ1v) is 6.37. The first kappa shape index (κ1) is 13.2. The lowest BCUT2D eigenvalue weighted by Crippen LogP contribution is -1.78. The van der Waals surface area contributed by atoms with Gasteiger partial charge in [-0.05, 0) is 36.4 Å². The molecule has 0 aliphatic rings. The summed E-state index contributed by atoms with van der Waals surface area (Å²) in [5.41, 5.74) is 0.877. The van der Waals surface area contributed by atoms with Crippen molar-refractivity contribution in [2.75, 3.05) is 0 Å². The first-order valence-electron chi connectivity index (χ1n) is 6.37. The van der Waals surface area contributed by atoms with Crippen LogP contribution in [0.4, 0.5) is 14.5 Å². The highest BCUT2D eigenvalue weighted by Crippen LogP contribution is 2.23. The number of benzene rings is 2. The molecule has 3 aromatic rings. The molecule has 2 nitrogen and oxygen atoms in total. The number of rotatable bonds is 3. The van der Waals surface area contributed by atoms with Gasteiger partial charge in [0.1, 0.15) is 23.2 Å². The molecular formula is C17H11F2NO.